The summed E-state index contributed by atoms with van der Waals surface area (Å²) in [5.41, 5.74) is -1.01. The fraction of sp³-hybridized carbons (Fsp3) is 0.385. The van der Waals surface area contributed by atoms with Crippen LogP contribution in [0.1, 0.15) is 69.9 Å². The van der Waals surface area contributed by atoms with Crippen LogP contribution in [0.2, 0.25) is 0 Å². The Balaban J connectivity index is 1.18. The Bertz CT molecular complexity index is 1410. The van der Waals surface area contributed by atoms with Gasteiger partial charge in [-0.2, -0.15) is 13.2 Å². The van der Waals surface area contributed by atoms with Crippen molar-refractivity contribution < 1.29 is 27.2 Å². The zero-order valence-electron chi connectivity index (χ0n) is 22.8. The Kier molecular flexibility index (Phi) is 9.22. The Hall–Kier alpha value is -4.76. The topological polar surface area (TPSA) is 145 Å². The molecule has 4 heterocycles. The lowest BCUT2D eigenvalue weighted by Crippen LogP contribution is -2.23. The normalized spacial score (nSPS) is 11.9. The van der Waals surface area contributed by atoms with E-state index >= 15 is 0 Å². The van der Waals surface area contributed by atoms with E-state index in [0.29, 0.717) is 43.3 Å². The highest BCUT2D eigenvalue weighted by Gasteiger charge is 2.31. The summed E-state index contributed by atoms with van der Waals surface area (Å²) in [4.78, 5) is 32.4. The van der Waals surface area contributed by atoms with Gasteiger partial charge in [-0.25, -0.2) is 4.39 Å². The minimum Gasteiger partial charge on any atom is -0.346 e. The van der Waals surface area contributed by atoms with Gasteiger partial charge in [0.25, 0.3) is 11.8 Å². The molecule has 0 spiro atoms. The molecule has 0 saturated heterocycles. The van der Waals surface area contributed by atoms with Gasteiger partial charge in [0.1, 0.15) is 5.67 Å². The summed E-state index contributed by atoms with van der Waals surface area (Å²) in [7, 11) is 0. The molecule has 4 aromatic rings. The second kappa shape index (κ2) is 12.8. The van der Waals surface area contributed by atoms with Gasteiger partial charge in [-0.1, -0.05) is 10.4 Å². The van der Waals surface area contributed by atoms with Crippen LogP contribution in [-0.4, -0.2) is 51.8 Å². The Morgan fingerprint density at radius 2 is 1.19 bits per heavy atom. The van der Waals surface area contributed by atoms with Crippen molar-refractivity contribution in [3.8, 4) is 0 Å². The highest BCUT2D eigenvalue weighted by Crippen LogP contribution is 2.29. The summed E-state index contributed by atoms with van der Waals surface area (Å²) >= 11 is 0. The van der Waals surface area contributed by atoms with E-state index in [0.717, 1.165) is 6.07 Å². The predicted octanol–water partition coefficient (Wildman–Crippen LogP) is 3.22. The number of nitrogens with zero attached hydrogens (tertiary/aromatic N) is 8. The van der Waals surface area contributed by atoms with Gasteiger partial charge >= 0.3 is 6.18 Å². The number of halogens is 4. The maximum atomic E-state index is 14.1. The number of pyridine rings is 2. The predicted molar refractivity (Wildman–Crippen MR) is 139 cm³/mol. The van der Waals surface area contributed by atoms with Gasteiger partial charge in [-0.15, -0.1) is 10.2 Å². The molecule has 42 heavy (non-hydrogen) atoms. The first-order valence-corrected chi connectivity index (χ1v) is 12.9. The number of nitrogens with one attached hydrogen (secondary N) is 2. The van der Waals surface area contributed by atoms with Crippen LogP contribution >= 0.6 is 0 Å². The van der Waals surface area contributed by atoms with Gasteiger partial charge in [0.15, 0.2) is 11.4 Å². The van der Waals surface area contributed by atoms with E-state index in [1.807, 2.05) is 0 Å². The third kappa shape index (κ3) is 8.37. The minimum atomic E-state index is -4.53. The van der Waals surface area contributed by atoms with E-state index in [1.165, 1.54) is 48.0 Å². The number of hydrogen-bond acceptors (Lipinski definition) is 8. The fourth-order valence-electron chi connectivity index (χ4n) is 3.77. The lowest BCUT2D eigenvalue weighted by molar-refractivity contribution is -0.137. The molecular weight excluding hydrogens is 560 g/mol. The molecule has 0 fully saturated rings. The van der Waals surface area contributed by atoms with Crippen molar-refractivity contribution >= 4 is 11.8 Å². The number of aromatic nitrogens is 8. The number of carbonyl (C=O) groups is 2. The van der Waals surface area contributed by atoms with Crippen LogP contribution in [0.25, 0.3) is 0 Å². The van der Waals surface area contributed by atoms with Gasteiger partial charge in [0, 0.05) is 56.5 Å². The molecule has 0 radical (unpaired) electrons. The van der Waals surface area contributed by atoms with Crippen LogP contribution in [0.5, 0.6) is 0 Å². The van der Waals surface area contributed by atoms with Crippen molar-refractivity contribution in [3.63, 3.8) is 0 Å². The third-order valence-electron chi connectivity index (χ3n) is 6.08. The Morgan fingerprint density at radius 1 is 0.738 bits per heavy atom. The lowest BCUT2D eigenvalue weighted by atomic mass is 10.0. The monoisotopic (exact) mass is 588 g/mol. The summed E-state index contributed by atoms with van der Waals surface area (Å²) in [5, 5.41) is 20.8. The van der Waals surface area contributed by atoms with Gasteiger partial charge in [-0.3, -0.25) is 28.9 Å². The molecule has 4 aromatic heterocycles. The van der Waals surface area contributed by atoms with Crippen LogP contribution in [0, 0.1) is 0 Å². The van der Waals surface area contributed by atoms with Crippen molar-refractivity contribution in [3.05, 3.63) is 83.0 Å². The van der Waals surface area contributed by atoms with Crippen LogP contribution in [0.3, 0.4) is 0 Å². The van der Waals surface area contributed by atoms with Crippen molar-refractivity contribution in [2.75, 3.05) is 0 Å². The number of hydrogen-bond donors (Lipinski definition) is 2. The maximum absolute atomic E-state index is 14.1. The fourth-order valence-corrected chi connectivity index (χ4v) is 3.77. The summed E-state index contributed by atoms with van der Waals surface area (Å²) in [6.45, 7) is 3.79. The molecule has 0 bridgehead atoms. The molecule has 0 saturated carbocycles. The molecular formula is C26H28F4N10O2. The molecule has 0 aromatic carbocycles. The highest BCUT2D eigenvalue weighted by atomic mass is 19.4. The van der Waals surface area contributed by atoms with E-state index in [1.54, 1.807) is 12.3 Å². The molecule has 222 valence electrons. The zero-order chi connectivity index (χ0) is 30.3. The first-order chi connectivity index (χ1) is 19.9. The average Bonchev–Trinajstić information content (AvgIpc) is 3.62. The van der Waals surface area contributed by atoms with Crippen LogP contribution < -0.4 is 10.6 Å². The summed E-state index contributed by atoms with van der Waals surface area (Å²) in [6.07, 6.45) is 4.70. The zero-order valence-corrected chi connectivity index (χ0v) is 22.8. The standard InChI is InChI=1S/C26H28F4N10O2/c1-25(2,27)19-7-17(9-31-13-19)11-33-23(41)21-15-39(37-35-21)5-3-4-6-40-16-22(36-38-40)24(42)34-12-18-8-20(14-32-10-18)26(28,29)30/h7-10,13-16H,3-6,11-12H2,1-2H3,(H,33,41)(H,34,42). The minimum absolute atomic E-state index is 0.0257. The first kappa shape index (κ1) is 30.2. The van der Waals surface area contributed by atoms with Gasteiger partial charge in [0.2, 0.25) is 0 Å². The van der Waals surface area contributed by atoms with E-state index in [9.17, 15) is 27.2 Å². The Labute approximate surface area is 237 Å². The summed E-state index contributed by atoms with van der Waals surface area (Å²) in [5.74, 6) is -1.01. The smallest absolute Gasteiger partial charge is 0.346 e. The number of unbranched alkanes of at least 4 members (excludes halogenated alkanes) is 1. The Morgan fingerprint density at radius 3 is 1.64 bits per heavy atom. The summed E-state index contributed by atoms with van der Waals surface area (Å²) < 4.78 is 55.6. The maximum Gasteiger partial charge on any atom is 0.417 e. The molecule has 2 amide bonds. The molecule has 0 aliphatic rings. The SMILES string of the molecule is CC(C)(F)c1cncc(CNC(=O)c2cn(CCCCn3cc(C(=O)NCc4cncc(C(F)(F)F)c4)nn3)nn2)c1. The molecule has 4 rings (SSSR count). The molecule has 0 aliphatic carbocycles. The molecule has 0 unspecified atom stereocenters. The van der Waals surface area contributed by atoms with Gasteiger partial charge in [-0.05, 0) is 49.9 Å². The average molecular weight is 589 g/mol. The summed E-state index contributed by atoms with van der Waals surface area (Å²) in [6, 6.07) is 2.56. The van der Waals surface area contributed by atoms with Crippen molar-refractivity contribution in [1.29, 1.82) is 0 Å². The van der Waals surface area contributed by atoms with Crippen molar-refractivity contribution in [2.45, 2.75) is 64.7 Å². The third-order valence-corrected chi connectivity index (χ3v) is 6.08. The number of amides is 2. The van der Waals surface area contributed by atoms with E-state index in [-0.39, 0.29) is 30.0 Å². The van der Waals surface area contributed by atoms with E-state index < -0.39 is 29.2 Å². The van der Waals surface area contributed by atoms with Crippen molar-refractivity contribution in [1.82, 2.24) is 50.6 Å². The van der Waals surface area contributed by atoms with Gasteiger partial charge < -0.3 is 10.6 Å². The number of alkyl halides is 4. The highest BCUT2D eigenvalue weighted by molar-refractivity contribution is 5.92. The molecule has 0 aliphatic heterocycles. The van der Waals surface area contributed by atoms with E-state index in [2.05, 4.69) is 41.2 Å². The van der Waals surface area contributed by atoms with Crippen molar-refractivity contribution in [2.24, 2.45) is 0 Å². The first-order valence-electron chi connectivity index (χ1n) is 12.9. The molecule has 12 nitrogen and oxygen atoms in total. The molecule has 0 atom stereocenters. The van der Waals surface area contributed by atoms with Crippen LogP contribution in [0.15, 0.2) is 49.3 Å². The van der Waals surface area contributed by atoms with Crippen LogP contribution in [0.4, 0.5) is 17.6 Å². The van der Waals surface area contributed by atoms with Crippen LogP contribution in [-0.2, 0) is 38.0 Å². The van der Waals surface area contributed by atoms with E-state index in [4.69, 9.17) is 0 Å². The van der Waals surface area contributed by atoms with Gasteiger partial charge in [0.05, 0.1) is 18.0 Å². The molecule has 16 heteroatoms. The largest absolute Gasteiger partial charge is 0.417 e. The quantitative estimate of drug-likeness (QED) is 0.190. The second-order valence-electron chi connectivity index (χ2n) is 9.94. The lowest BCUT2D eigenvalue weighted by Gasteiger charge is -2.15. The number of rotatable bonds is 12. The second-order valence-corrected chi connectivity index (χ2v) is 9.94. The number of carbonyl (C=O) groups excluding carboxylic acids is 2. The molecule has 2 N–H and O–H groups in total. The number of aryl methyl sites for hydroxylation is 2.